The molecule has 1 atom stereocenters. The van der Waals surface area contributed by atoms with Crippen molar-refractivity contribution in [3.05, 3.63) is 59.9 Å². The number of carbonyl (C=O) groups excluding carboxylic acids is 1. The van der Waals surface area contributed by atoms with E-state index < -0.39 is 9.84 Å². The fourth-order valence-electron chi connectivity index (χ4n) is 3.08. The topological polar surface area (TPSA) is 79.4 Å². The van der Waals surface area contributed by atoms with Crippen molar-refractivity contribution in [2.45, 2.75) is 18.9 Å². The fourth-order valence-corrected chi connectivity index (χ4v) is 4.86. The van der Waals surface area contributed by atoms with Crippen LogP contribution in [0.4, 0.5) is 5.69 Å². The predicted molar refractivity (Wildman–Crippen MR) is 102 cm³/mol. The van der Waals surface area contributed by atoms with E-state index in [1.807, 2.05) is 24.3 Å². The minimum absolute atomic E-state index is 0.0320. The van der Waals surface area contributed by atoms with Gasteiger partial charge in [-0.2, -0.15) is 0 Å². The Kier molecular flexibility index (Phi) is 5.56. The summed E-state index contributed by atoms with van der Waals surface area (Å²) in [5.41, 5.74) is 2.39. The second-order valence-electron chi connectivity index (χ2n) is 6.57. The van der Waals surface area contributed by atoms with Crippen molar-refractivity contribution in [3.8, 4) is 0 Å². The molecule has 1 saturated heterocycles. The predicted octanol–water partition coefficient (Wildman–Crippen LogP) is 2.00. The van der Waals surface area contributed by atoms with Crippen LogP contribution >= 0.6 is 0 Å². The maximum Gasteiger partial charge on any atom is 0.272 e. The Bertz CT molecular complexity index is 869. The van der Waals surface area contributed by atoms with E-state index in [0.717, 1.165) is 18.7 Å². The summed E-state index contributed by atoms with van der Waals surface area (Å²) in [4.78, 5) is 18.3. The first-order valence-electron chi connectivity index (χ1n) is 8.66. The number of hydrogen-bond donors (Lipinski definition) is 1. The molecule has 0 spiro atoms. The second kappa shape index (κ2) is 7.86. The highest BCUT2D eigenvalue weighted by Crippen LogP contribution is 2.19. The zero-order valence-corrected chi connectivity index (χ0v) is 15.6. The Labute approximate surface area is 154 Å². The van der Waals surface area contributed by atoms with Gasteiger partial charge in [-0.3, -0.25) is 9.78 Å². The number of hydrogen-bond acceptors (Lipinski definition) is 5. The van der Waals surface area contributed by atoms with Crippen molar-refractivity contribution in [2.75, 3.05) is 30.4 Å². The van der Waals surface area contributed by atoms with Crippen molar-refractivity contribution >= 4 is 21.4 Å². The molecule has 0 saturated carbocycles. The van der Waals surface area contributed by atoms with E-state index in [4.69, 9.17) is 0 Å². The lowest BCUT2D eigenvalue weighted by atomic mass is 10.1. The maximum atomic E-state index is 12.6. The molecular formula is C19H23N3O3S. The van der Waals surface area contributed by atoms with Crippen LogP contribution in [0.2, 0.25) is 0 Å². The summed E-state index contributed by atoms with van der Waals surface area (Å²) in [5.74, 6) is -0.0764. The van der Waals surface area contributed by atoms with Crippen molar-refractivity contribution in [1.82, 2.24) is 9.88 Å². The van der Waals surface area contributed by atoms with Crippen LogP contribution in [0, 0.1) is 0 Å². The average molecular weight is 373 g/mol. The van der Waals surface area contributed by atoms with Gasteiger partial charge >= 0.3 is 0 Å². The number of pyridine rings is 1. The molecule has 26 heavy (non-hydrogen) atoms. The van der Waals surface area contributed by atoms with Gasteiger partial charge in [0.05, 0.1) is 11.5 Å². The summed E-state index contributed by atoms with van der Waals surface area (Å²) in [6.07, 6.45) is 2.96. The first kappa shape index (κ1) is 18.4. The Balaban J connectivity index is 1.60. The van der Waals surface area contributed by atoms with E-state index in [-0.39, 0.29) is 23.5 Å². The lowest BCUT2D eigenvalue weighted by Gasteiger charge is -2.23. The molecule has 0 bridgehead atoms. The van der Waals surface area contributed by atoms with Gasteiger partial charge in [0.1, 0.15) is 5.69 Å². The number of aromatic nitrogens is 1. The lowest BCUT2D eigenvalue weighted by molar-refractivity contribution is 0.0742. The van der Waals surface area contributed by atoms with Crippen LogP contribution in [0.5, 0.6) is 0 Å². The number of rotatable bonds is 6. The minimum Gasteiger partial charge on any atom is -0.385 e. The van der Waals surface area contributed by atoms with E-state index in [9.17, 15) is 13.2 Å². The van der Waals surface area contributed by atoms with Gasteiger partial charge < -0.3 is 10.2 Å². The molecule has 1 unspecified atom stereocenters. The third-order valence-electron chi connectivity index (χ3n) is 4.64. The normalized spacial score (nSPS) is 18.4. The van der Waals surface area contributed by atoms with Crippen LogP contribution < -0.4 is 5.32 Å². The summed E-state index contributed by atoms with van der Waals surface area (Å²) in [5, 5.41) is 3.30. The zero-order valence-electron chi connectivity index (χ0n) is 14.8. The Morgan fingerprint density at radius 1 is 1.27 bits per heavy atom. The summed E-state index contributed by atoms with van der Waals surface area (Å²) >= 11 is 0. The van der Waals surface area contributed by atoms with Crippen LogP contribution in [-0.4, -0.2) is 55.3 Å². The number of anilines is 1. The molecule has 1 N–H and O–H groups in total. The highest BCUT2D eigenvalue weighted by Gasteiger charge is 2.33. The highest BCUT2D eigenvalue weighted by molar-refractivity contribution is 7.91. The van der Waals surface area contributed by atoms with Gasteiger partial charge in [0.2, 0.25) is 0 Å². The molecule has 0 aliphatic carbocycles. The first-order valence-corrected chi connectivity index (χ1v) is 10.5. The second-order valence-corrected chi connectivity index (χ2v) is 8.79. The number of nitrogens with one attached hydrogen (secondary N) is 1. The third kappa shape index (κ3) is 4.60. The maximum absolute atomic E-state index is 12.6. The summed E-state index contributed by atoms with van der Waals surface area (Å²) in [6.45, 7) is 0.748. The van der Waals surface area contributed by atoms with Crippen LogP contribution in [0.3, 0.4) is 0 Å². The molecule has 2 aromatic rings. The van der Waals surface area contributed by atoms with E-state index in [1.165, 1.54) is 10.5 Å². The number of sulfone groups is 1. The Hall–Kier alpha value is -2.41. The SMILES string of the molecule is CN(C(=O)c1cc(NCCc2ccccc2)ccn1)C1CCS(=O)(=O)C1. The third-order valence-corrected chi connectivity index (χ3v) is 6.39. The van der Waals surface area contributed by atoms with Crippen molar-refractivity contribution in [3.63, 3.8) is 0 Å². The van der Waals surface area contributed by atoms with Crippen LogP contribution in [0.25, 0.3) is 0 Å². The zero-order chi connectivity index (χ0) is 18.6. The number of carbonyl (C=O) groups is 1. The van der Waals surface area contributed by atoms with E-state index in [1.54, 1.807) is 19.3 Å². The quantitative estimate of drug-likeness (QED) is 0.838. The van der Waals surface area contributed by atoms with Crippen LogP contribution in [0.1, 0.15) is 22.5 Å². The molecule has 3 rings (SSSR count). The molecule has 2 heterocycles. The molecule has 6 nitrogen and oxygen atoms in total. The van der Waals surface area contributed by atoms with E-state index in [2.05, 4.69) is 22.4 Å². The Morgan fingerprint density at radius 2 is 2.04 bits per heavy atom. The molecule has 1 aliphatic rings. The number of amides is 1. The van der Waals surface area contributed by atoms with Gasteiger partial charge in [0.15, 0.2) is 9.84 Å². The average Bonchev–Trinajstić information content (AvgIpc) is 3.01. The number of nitrogens with zero attached hydrogens (tertiary/aromatic N) is 2. The van der Waals surface area contributed by atoms with Crippen LogP contribution in [-0.2, 0) is 16.3 Å². The smallest absolute Gasteiger partial charge is 0.272 e. The van der Waals surface area contributed by atoms with Crippen LogP contribution in [0.15, 0.2) is 48.7 Å². The van der Waals surface area contributed by atoms with E-state index >= 15 is 0 Å². The summed E-state index contributed by atoms with van der Waals surface area (Å²) < 4.78 is 23.3. The summed E-state index contributed by atoms with van der Waals surface area (Å²) in [7, 11) is -1.39. The molecular weight excluding hydrogens is 350 g/mol. The molecule has 1 amide bonds. The molecule has 1 aromatic heterocycles. The van der Waals surface area contributed by atoms with Gasteiger partial charge in [-0.1, -0.05) is 30.3 Å². The number of benzene rings is 1. The molecule has 0 radical (unpaired) electrons. The first-order chi connectivity index (χ1) is 12.4. The molecule has 7 heteroatoms. The monoisotopic (exact) mass is 373 g/mol. The standard InChI is InChI=1S/C19H23N3O3S/c1-22(17-9-12-26(24,25)14-17)19(23)18-13-16(8-11-21-18)20-10-7-15-5-3-2-4-6-15/h2-6,8,11,13,17H,7,9-10,12,14H2,1H3,(H,20,21). The highest BCUT2D eigenvalue weighted by atomic mass is 32.2. The van der Waals surface area contributed by atoms with Gasteiger partial charge in [0, 0.05) is 31.5 Å². The van der Waals surface area contributed by atoms with Crippen molar-refractivity contribution in [1.29, 1.82) is 0 Å². The molecule has 1 aliphatic heterocycles. The fraction of sp³-hybridized carbons (Fsp3) is 0.368. The van der Waals surface area contributed by atoms with Gasteiger partial charge in [0.25, 0.3) is 5.91 Å². The van der Waals surface area contributed by atoms with Crippen molar-refractivity contribution < 1.29 is 13.2 Å². The largest absolute Gasteiger partial charge is 0.385 e. The molecule has 1 fully saturated rings. The van der Waals surface area contributed by atoms with Gasteiger partial charge in [-0.25, -0.2) is 8.42 Å². The Morgan fingerprint density at radius 3 is 2.73 bits per heavy atom. The molecule has 1 aromatic carbocycles. The minimum atomic E-state index is -3.03. The van der Waals surface area contributed by atoms with Gasteiger partial charge in [-0.05, 0) is 30.5 Å². The lowest BCUT2D eigenvalue weighted by Crippen LogP contribution is -2.38. The van der Waals surface area contributed by atoms with Crippen molar-refractivity contribution in [2.24, 2.45) is 0 Å². The van der Waals surface area contributed by atoms with Gasteiger partial charge in [-0.15, -0.1) is 0 Å². The summed E-state index contributed by atoms with van der Waals surface area (Å²) in [6, 6.07) is 13.4. The molecule has 138 valence electrons. The van der Waals surface area contributed by atoms with E-state index in [0.29, 0.717) is 12.1 Å².